The number of methoxy groups -OCH3 is 1. The van der Waals surface area contributed by atoms with Crippen LogP contribution in [0.4, 0.5) is 11.4 Å². The van der Waals surface area contributed by atoms with Crippen LogP contribution < -0.4 is 14.4 Å². The minimum absolute atomic E-state index is 0.203. The molecule has 33 heavy (non-hydrogen) atoms. The van der Waals surface area contributed by atoms with Gasteiger partial charge in [0.1, 0.15) is 5.75 Å². The summed E-state index contributed by atoms with van der Waals surface area (Å²) < 4.78 is 36.8. The van der Waals surface area contributed by atoms with Crippen LogP contribution in [-0.4, -0.2) is 39.2 Å². The monoisotopic (exact) mass is 462 g/mol. The first kappa shape index (κ1) is 22.4. The number of benzene rings is 3. The highest BCUT2D eigenvalue weighted by atomic mass is 32.2. The highest BCUT2D eigenvalue weighted by molar-refractivity contribution is 7.92. The Hall–Kier alpha value is -3.78. The predicted molar refractivity (Wildman–Crippen MR) is 132 cm³/mol. The molecule has 1 heterocycles. The third-order valence-electron chi connectivity index (χ3n) is 5.27. The van der Waals surface area contributed by atoms with Crippen LogP contribution in [0.25, 0.3) is 16.8 Å². The van der Waals surface area contributed by atoms with E-state index in [4.69, 9.17) is 4.74 Å². The molecule has 1 aromatic heterocycles. The molecule has 8 heteroatoms. The molecule has 0 saturated carbocycles. The van der Waals surface area contributed by atoms with Crippen molar-refractivity contribution in [2.75, 3.05) is 30.8 Å². The molecule has 4 aromatic rings. The minimum atomic E-state index is -3.86. The van der Waals surface area contributed by atoms with Gasteiger partial charge in [0.25, 0.3) is 10.0 Å². The topological polar surface area (TPSA) is 76.5 Å². The van der Waals surface area contributed by atoms with E-state index in [0.717, 1.165) is 22.6 Å². The van der Waals surface area contributed by atoms with E-state index in [2.05, 4.69) is 9.71 Å². The van der Waals surface area contributed by atoms with Crippen molar-refractivity contribution in [1.82, 2.24) is 9.55 Å². The molecular weight excluding hydrogens is 436 g/mol. The lowest BCUT2D eigenvalue weighted by atomic mass is 10.0. The Morgan fingerprint density at radius 3 is 2.48 bits per heavy atom. The first-order valence-electron chi connectivity index (χ1n) is 10.4. The Kier molecular flexibility index (Phi) is 6.11. The van der Waals surface area contributed by atoms with E-state index in [0.29, 0.717) is 17.0 Å². The summed E-state index contributed by atoms with van der Waals surface area (Å²) in [7, 11) is 1.59. The van der Waals surface area contributed by atoms with Gasteiger partial charge in [0.2, 0.25) is 0 Å². The molecule has 3 aromatic carbocycles. The van der Waals surface area contributed by atoms with Gasteiger partial charge in [0.15, 0.2) is 0 Å². The summed E-state index contributed by atoms with van der Waals surface area (Å²) in [5.41, 5.74) is 4.49. The molecule has 0 fully saturated rings. The third-order valence-corrected chi connectivity index (χ3v) is 6.71. The lowest BCUT2D eigenvalue weighted by molar-refractivity contribution is 0.413. The van der Waals surface area contributed by atoms with Gasteiger partial charge in [-0.2, -0.15) is 0 Å². The van der Waals surface area contributed by atoms with Gasteiger partial charge in [-0.1, -0.05) is 30.3 Å². The summed E-state index contributed by atoms with van der Waals surface area (Å²) in [5.74, 6) is 0.527. The van der Waals surface area contributed by atoms with Gasteiger partial charge >= 0.3 is 0 Å². The number of anilines is 2. The smallest absolute Gasteiger partial charge is 0.262 e. The number of hydrogen-bond donors (Lipinski definition) is 1. The van der Waals surface area contributed by atoms with Gasteiger partial charge in [-0.3, -0.25) is 4.72 Å². The Balaban J connectivity index is 1.70. The largest absolute Gasteiger partial charge is 0.494 e. The summed E-state index contributed by atoms with van der Waals surface area (Å²) in [6.07, 6.45) is 3.56. The van der Waals surface area contributed by atoms with Gasteiger partial charge in [-0.25, -0.2) is 13.4 Å². The summed E-state index contributed by atoms with van der Waals surface area (Å²) in [6.45, 7) is 1.90. The first-order chi connectivity index (χ1) is 15.8. The number of rotatable bonds is 7. The number of sulfonamides is 1. The number of aromatic nitrogens is 2. The van der Waals surface area contributed by atoms with Gasteiger partial charge < -0.3 is 14.2 Å². The molecule has 4 rings (SSSR count). The maximum absolute atomic E-state index is 13.4. The molecule has 0 saturated heterocycles. The standard InChI is InChI=1S/C25H26N4O3S/c1-18-16-29(17-26-18)23-13-12-20(15-24(23)32-4)27-33(30,31)25-11-6-5-10-22(25)19-8-7-9-21(14-19)28(2)3/h5-17,27H,1-4H3. The van der Waals surface area contributed by atoms with Crippen LogP contribution in [0, 0.1) is 6.92 Å². The van der Waals surface area contributed by atoms with Gasteiger partial charge in [0.05, 0.1) is 35.4 Å². The maximum Gasteiger partial charge on any atom is 0.262 e. The van der Waals surface area contributed by atoms with E-state index in [1.54, 1.807) is 43.8 Å². The summed E-state index contributed by atoms with van der Waals surface area (Å²) >= 11 is 0. The van der Waals surface area contributed by atoms with E-state index < -0.39 is 10.0 Å². The molecule has 0 unspecified atom stereocenters. The average Bonchev–Trinajstić information content (AvgIpc) is 3.24. The normalized spacial score (nSPS) is 11.3. The molecular formula is C25H26N4O3S. The number of hydrogen-bond acceptors (Lipinski definition) is 5. The predicted octanol–water partition coefficient (Wildman–Crippen LogP) is 4.72. The summed E-state index contributed by atoms with van der Waals surface area (Å²) in [6, 6.07) is 19.9. The molecule has 0 amide bonds. The number of nitrogens with zero attached hydrogens (tertiary/aromatic N) is 3. The van der Waals surface area contributed by atoms with Crippen molar-refractivity contribution in [2.45, 2.75) is 11.8 Å². The Labute approximate surface area is 194 Å². The van der Waals surface area contributed by atoms with Gasteiger partial charge in [-0.15, -0.1) is 0 Å². The van der Waals surface area contributed by atoms with Gasteiger partial charge in [-0.05, 0) is 42.8 Å². The fourth-order valence-electron chi connectivity index (χ4n) is 3.61. The molecule has 0 radical (unpaired) electrons. The number of ether oxygens (including phenoxy) is 1. The lowest BCUT2D eigenvalue weighted by Gasteiger charge is -2.17. The first-order valence-corrected chi connectivity index (χ1v) is 11.9. The van der Waals surface area contributed by atoms with Crippen LogP contribution >= 0.6 is 0 Å². The van der Waals surface area contributed by atoms with Crippen LogP contribution in [0.2, 0.25) is 0 Å². The fourth-order valence-corrected chi connectivity index (χ4v) is 4.89. The number of aryl methyl sites for hydroxylation is 1. The average molecular weight is 463 g/mol. The minimum Gasteiger partial charge on any atom is -0.494 e. The zero-order chi connectivity index (χ0) is 23.6. The van der Waals surface area contributed by atoms with E-state index >= 15 is 0 Å². The summed E-state index contributed by atoms with van der Waals surface area (Å²) in [5, 5.41) is 0. The van der Waals surface area contributed by atoms with Crippen LogP contribution in [0.1, 0.15) is 5.69 Å². The maximum atomic E-state index is 13.4. The SMILES string of the molecule is COc1cc(NS(=O)(=O)c2ccccc2-c2cccc(N(C)C)c2)ccc1-n1cnc(C)c1. The molecule has 0 atom stereocenters. The Morgan fingerprint density at radius 2 is 1.79 bits per heavy atom. The molecule has 0 aliphatic carbocycles. The lowest BCUT2D eigenvalue weighted by Crippen LogP contribution is -2.14. The van der Waals surface area contributed by atoms with Crippen molar-refractivity contribution in [2.24, 2.45) is 0 Å². The van der Waals surface area contributed by atoms with Crippen LogP contribution in [0.15, 0.2) is 84.1 Å². The van der Waals surface area contributed by atoms with E-state index in [9.17, 15) is 8.42 Å². The second kappa shape index (κ2) is 8.99. The zero-order valence-electron chi connectivity index (χ0n) is 19.0. The van der Waals surface area contributed by atoms with Crippen molar-refractivity contribution in [3.8, 4) is 22.6 Å². The third kappa shape index (κ3) is 4.70. The molecule has 0 spiro atoms. The Bertz CT molecular complexity index is 1390. The van der Waals surface area contributed by atoms with E-state index in [-0.39, 0.29) is 4.90 Å². The van der Waals surface area contributed by atoms with Crippen LogP contribution in [-0.2, 0) is 10.0 Å². The van der Waals surface area contributed by atoms with Crippen molar-refractivity contribution < 1.29 is 13.2 Å². The van der Waals surface area contributed by atoms with E-state index in [1.807, 2.05) is 73.1 Å². The molecule has 7 nitrogen and oxygen atoms in total. The second-order valence-corrected chi connectivity index (χ2v) is 9.51. The molecule has 0 aliphatic heterocycles. The van der Waals surface area contributed by atoms with Gasteiger partial charge in [0, 0.05) is 37.6 Å². The highest BCUT2D eigenvalue weighted by Gasteiger charge is 2.20. The molecule has 1 N–H and O–H groups in total. The number of nitrogens with one attached hydrogen (secondary N) is 1. The van der Waals surface area contributed by atoms with Crippen LogP contribution in [0.3, 0.4) is 0 Å². The van der Waals surface area contributed by atoms with E-state index in [1.165, 1.54) is 0 Å². The molecule has 170 valence electrons. The highest BCUT2D eigenvalue weighted by Crippen LogP contribution is 2.32. The Morgan fingerprint density at radius 1 is 1.00 bits per heavy atom. The number of imidazole rings is 1. The van der Waals surface area contributed by atoms with Crippen molar-refractivity contribution in [1.29, 1.82) is 0 Å². The molecule has 0 aliphatic rings. The molecule has 0 bridgehead atoms. The second-order valence-electron chi connectivity index (χ2n) is 7.86. The fraction of sp³-hybridized carbons (Fsp3) is 0.160. The van der Waals surface area contributed by atoms with Crippen molar-refractivity contribution in [3.63, 3.8) is 0 Å². The van der Waals surface area contributed by atoms with Crippen molar-refractivity contribution >= 4 is 21.4 Å². The quantitative estimate of drug-likeness (QED) is 0.430. The van der Waals surface area contributed by atoms with Crippen LogP contribution in [0.5, 0.6) is 5.75 Å². The zero-order valence-corrected chi connectivity index (χ0v) is 19.8. The van der Waals surface area contributed by atoms with Crippen molar-refractivity contribution in [3.05, 3.63) is 84.9 Å². The summed E-state index contributed by atoms with van der Waals surface area (Å²) in [4.78, 5) is 6.42.